The Hall–Kier alpha value is -1.62. The van der Waals surface area contributed by atoms with Crippen LogP contribution in [0.2, 0.25) is 0 Å². The lowest BCUT2D eigenvalue weighted by Crippen LogP contribution is -2.12. The fourth-order valence-electron chi connectivity index (χ4n) is 1.59. The molecule has 0 bridgehead atoms. The molecule has 0 heterocycles. The van der Waals surface area contributed by atoms with Gasteiger partial charge in [-0.05, 0) is 13.0 Å². The number of benzene rings is 1. The summed E-state index contributed by atoms with van der Waals surface area (Å²) < 4.78 is 23.9. The summed E-state index contributed by atoms with van der Waals surface area (Å²) in [6.45, 7) is 1.51. The van der Waals surface area contributed by atoms with Crippen molar-refractivity contribution in [2.75, 3.05) is 14.2 Å². The van der Waals surface area contributed by atoms with Gasteiger partial charge >= 0.3 is 5.97 Å². The van der Waals surface area contributed by atoms with Gasteiger partial charge in [-0.3, -0.25) is 4.79 Å². The van der Waals surface area contributed by atoms with Crippen molar-refractivity contribution in [3.05, 3.63) is 29.1 Å². The molecule has 1 aromatic carbocycles. The molecule has 0 saturated carbocycles. The minimum Gasteiger partial charge on any atom is -0.496 e. The van der Waals surface area contributed by atoms with Gasteiger partial charge < -0.3 is 14.6 Å². The zero-order valence-corrected chi connectivity index (χ0v) is 9.99. The third kappa shape index (κ3) is 2.74. The fourth-order valence-corrected chi connectivity index (χ4v) is 1.59. The summed E-state index contributed by atoms with van der Waals surface area (Å²) >= 11 is 0. The molecule has 1 atom stereocenters. The van der Waals surface area contributed by atoms with Gasteiger partial charge in [0.25, 0.3) is 0 Å². The first kappa shape index (κ1) is 13.4. The van der Waals surface area contributed by atoms with Crippen LogP contribution in [0.15, 0.2) is 12.1 Å². The maximum Gasteiger partial charge on any atom is 0.310 e. The van der Waals surface area contributed by atoms with Gasteiger partial charge in [-0.1, -0.05) is 6.07 Å². The van der Waals surface area contributed by atoms with Gasteiger partial charge in [-0.15, -0.1) is 0 Å². The van der Waals surface area contributed by atoms with Crippen molar-refractivity contribution in [2.24, 2.45) is 0 Å². The minimum absolute atomic E-state index is 0.0505. The zero-order valence-electron chi connectivity index (χ0n) is 9.99. The third-order valence-corrected chi connectivity index (χ3v) is 2.54. The van der Waals surface area contributed by atoms with Crippen molar-refractivity contribution in [2.45, 2.75) is 19.4 Å². The summed E-state index contributed by atoms with van der Waals surface area (Å²) in [5, 5.41) is 8.95. The molecule has 0 aromatic heterocycles. The Bertz CT molecular complexity index is 417. The van der Waals surface area contributed by atoms with E-state index in [1.807, 2.05) is 0 Å². The number of hydrogen-bond donors (Lipinski definition) is 1. The third-order valence-electron chi connectivity index (χ3n) is 2.54. The topological polar surface area (TPSA) is 55.8 Å². The highest BCUT2D eigenvalue weighted by atomic mass is 19.1. The van der Waals surface area contributed by atoms with Crippen molar-refractivity contribution in [3.63, 3.8) is 0 Å². The normalized spacial score (nSPS) is 12.2. The highest BCUT2D eigenvalue weighted by Crippen LogP contribution is 2.31. The number of carboxylic acid groups (broad SMARTS) is 1. The maximum absolute atomic E-state index is 14.1. The largest absolute Gasteiger partial charge is 0.496 e. The second-order valence-corrected chi connectivity index (χ2v) is 3.65. The van der Waals surface area contributed by atoms with Crippen LogP contribution >= 0.6 is 0 Å². The van der Waals surface area contributed by atoms with Crippen LogP contribution in [0, 0.1) is 5.82 Å². The molecule has 1 rings (SSSR count). The maximum atomic E-state index is 14.1. The van der Waals surface area contributed by atoms with E-state index >= 15 is 0 Å². The molecule has 0 aliphatic heterocycles. The van der Waals surface area contributed by atoms with E-state index in [9.17, 15) is 9.18 Å². The second-order valence-electron chi connectivity index (χ2n) is 3.65. The van der Waals surface area contributed by atoms with Gasteiger partial charge in [-0.25, -0.2) is 4.39 Å². The van der Waals surface area contributed by atoms with Crippen LogP contribution in [0.5, 0.6) is 5.75 Å². The molecule has 1 aromatic rings. The fraction of sp³-hybridized carbons (Fsp3) is 0.417. The number of hydrogen-bond acceptors (Lipinski definition) is 3. The van der Waals surface area contributed by atoms with E-state index < -0.39 is 17.7 Å². The first-order chi connectivity index (χ1) is 8.02. The highest BCUT2D eigenvalue weighted by molar-refractivity contribution is 5.77. The van der Waals surface area contributed by atoms with Crippen LogP contribution < -0.4 is 4.74 Å². The van der Waals surface area contributed by atoms with Crippen molar-refractivity contribution in [3.8, 4) is 5.75 Å². The Labute approximate surface area is 99.0 Å². The van der Waals surface area contributed by atoms with E-state index in [1.54, 1.807) is 6.07 Å². The second kappa shape index (κ2) is 5.63. The standard InChI is InChI=1S/C12H15FO4/c1-7(12(14)15)10-9(17-3)5-4-8(6-16-2)11(10)13/h4-5,7H,6H2,1-3H3,(H,14,15). The molecule has 0 saturated heterocycles. The summed E-state index contributed by atoms with van der Waals surface area (Å²) in [5.74, 6) is -2.42. The van der Waals surface area contributed by atoms with Crippen molar-refractivity contribution in [1.29, 1.82) is 0 Å². The molecule has 0 aliphatic carbocycles. The quantitative estimate of drug-likeness (QED) is 0.859. The average Bonchev–Trinajstić information content (AvgIpc) is 2.30. The molecular weight excluding hydrogens is 227 g/mol. The molecular formula is C12H15FO4. The number of rotatable bonds is 5. The van der Waals surface area contributed by atoms with Crippen LogP contribution in [-0.4, -0.2) is 25.3 Å². The minimum atomic E-state index is -1.10. The molecule has 0 fully saturated rings. The summed E-state index contributed by atoms with van der Waals surface area (Å²) in [4.78, 5) is 10.9. The predicted molar refractivity (Wildman–Crippen MR) is 59.7 cm³/mol. The first-order valence-electron chi connectivity index (χ1n) is 5.09. The van der Waals surface area contributed by atoms with E-state index in [1.165, 1.54) is 27.2 Å². The van der Waals surface area contributed by atoms with Crippen LogP contribution in [0.25, 0.3) is 0 Å². The highest BCUT2D eigenvalue weighted by Gasteiger charge is 2.24. The Morgan fingerprint density at radius 1 is 1.47 bits per heavy atom. The lowest BCUT2D eigenvalue weighted by molar-refractivity contribution is -0.138. The van der Waals surface area contributed by atoms with Crippen LogP contribution in [0.4, 0.5) is 4.39 Å². The van der Waals surface area contributed by atoms with Crippen LogP contribution in [-0.2, 0) is 16.1 Å². The number of carboxylic acids is 1. The summed E-state index contributed by atoms with van der Waals surface area (Å²) in [5.41, 5.74) is 0.367. The summed E-state index contributed by atoms with van der Waals surface area (Å²) in [6, 6.07) is 3.07. The molecule has 1 N–H and O–H groups in total. The SMILES string of the molecule is COCc1ccc(OC)c(C(C)C(=O)O)c1F. The summed E-state index contributed by atoms with van der Waals surface area (Å²) in [6.07, 6.45) is 0. The van der Waals surface area contributed by atoms with E-state index in [0.29, 0.717) is 5.56 Å². The molecule has 1 unspecified atom stereocenters. The van der Waals surface area contributed by atoms with Gasteiger partial charge in [0, 0.05) is 18.2 Å². The predicted octanol–water partition coefficient (Wildman–Crippen LogP) is 2.17. The molecule has 5 heteroatoms. The van der Waals surface area contributed by atoms with Gasteiger partial charge in [0.15, 0.2) is 0 Å². The van der Waals surface area contributed by atoms with Crippen LogP contribution in [0.3, 0.4) is 0 Å². The van der Waals surface area contributed by atoms with Gasteiger partial charge in [0.2, 0.25) is 0 Å². The number of halogens is 1. The Balaban J connectivity index is 3.31. The Morgan fingerprint density at radius 2 is 2.12 bits per heavy atom. The molecule has 17 heavy (non-hydrogen) atoms. The smallest absolute Gasteiger partial charge is 0.310 e. The van der Waals surface area contributed by atoms with E-state index in [2.05, 4.69) is 0 Å². The lowest BCUT2D eigenvalue weighted by Gasteiger charge is -2.15. The lowest BCUT2D eigenvalue weighted by atomic mass is 9.97. The molecule has 0 spiro atoms. The van der Waals surface area contributed by atoms with Gasteiger partial charge in [0.05, 0.1) is 19.6 Å². The summed E-state index contributed by atoms with van der Waals surface area (Å²) in [7, 11) is 2.83. The first-order valence-corrected chi connectivity index (χ1v) is 5.09. The molecule has 94 valence electrons. The number of carbonyl (C=O) groups is 1. The van der Waals surface area contributed by atoms with Crippen molar-refractivity contribution >= 4 is 5.97 Å². The van der Waals surface area contributed by atoms with Gasteiger partial charge in [0.1, 0.15) is 11.6 Å². The van der Waals surface area contributed by atoms with Crippen LogP contribution in [0.1, 0.15) is 24.0 Å². The molecule has 0 aliphatic rings. The number of aliphatic carboxylic acids is 1. The Kier molecular flexibility index (Phi) is 4.45. The molecule has 0 radical (unpaired) electrons. The monoisotopic (exact) mass is 242 g/mol. The van der Waals surface area contributed by atoms with Crippen molar-refractivity contribution in [1.82, 2.24) is 0 Å². The zero-order chi connectivity index (χ0) is 13.0. The van der Waals surface area contributed by atoms with E-state index in [-0.39, 0.29) is 17.9 Å². The average molecular weight is 242 g/mol. The van der Waals surface area contributed by atoms with Crippen molar-refractivity contribution < 1.29 is 23.8 Å². The van der Waals surface area contributed by atoms with E-state index in [0.717, 1.165) is 0 Å². The molecule has 0 amide bonds. The molecule has 4 nitrogen and oxygen atoms in total. The Morgan fingerprint density at radius 3 is 2.59 bits per heavy atom. The van der Waals surface area contributed by atoms with E-state index in [4.69, 9.17) is 14.6 Å². The number of ether oxygens (including phenoxy) is 2. The van der Waals surface area contributed by atoms with Gasteiger partial charge in [-0.2, -0.15) is 0 Å². The number of methoxy groups -OCH3 is 2.